The Morgan fingerprint density at radius 2 is 1.96 bits per heavy atom. The standard InChI is InChI=1S/C18H25F2N3O3.2ClH/c1-25-18(7-9-21-10-8-18)16(24)22-13-6-11-23(12-13)14-4-2-3-5-15(14)26-17(19)20;;/h2-5,13,17,21H,6-12H2,1H3,(H,22,24);2*1H. The summed E-state index contributed by atoms with van der Waals surface area (Å²) in [5, 5.41) is 6.31. The van der Waals surface area contributed by atoms with Crippen molar-refractivity contribution in [3.63, 3.8) is 0 Å². The van der Waals surface area contributed by atoms with Gasteiger partial charge in [0.1, 0.15) is 11.4 Å². The van der Waals surface area contributed by atoms with Crippen LogP contribution in [-0.4, -0.2) is 57.5 Å². The van der Waals surface area contributed by atoms with E-state index >= 15 is 0 Å². The summed E-state index contributed by atoms with van der Waals surface area (Å²) in [6, 6.07) is 6.68. The van der Waals surface area contributed by atoms with Gasteiger partial charge >= 0.3 is 6.61 Å². The van der Waals surface area contributed by atoms with E-state index in [-0.39, 0.29) is 42.5 Å². The summed E-state index contributed by atoms with van der Waals surface area (Å²) >= 11 is 0. The van der Waals surface area contributed by atoms with Gasteiger partial charge in [0.2, 0.25) is 0 Å². The van der Waals surface area contributed by atoms with Gasteiger partial charge in [-0.2, -0.15) is 8.78 Å². The van der Waals surface area contributed by atoms with Gasteiger partial charge in [-0.05, 0) is 44.5 Å². The Morgan fingerprint density at radius 1 is 1.29 bits per heavy atom. The van der Waals surface area contributed by atoms with E-state index in [2.05, 4.69) is 15.4 Å². The van der Waals surface area contributed by atoms with Gasteiger partial charge in [0.05, 0.1) is 5.69 Å². The van der Waals surface area contributed by atoms with Crippen molar-refractivity contribution in [1.82, 2.24) is 10.6 Å². The fraction of sp³-hybridized carbons (Fsp3) is 0.611. The van der Waals surface area contributed by atoms with Gasteiger partial charge in [0, 0.05) is 26.2 Å². The van der Waals surface area contributed by atoms with Gasteiger partial charge in [0.25, 0.3) is 5.91 Å². The highest BCUT2D eigenvalue weighted by atomic mass is 35.5. The van der Waals surface area contributed by atoms with Crippen molar-refractivity contribution >= 4 is 36.4 Å². The number of methoxy groups -OCH3 is 1. The summed E-state index contributed by atoms with van der Waals surface area (Å²) in [4.78, 5) is 14.7. The van der Waals surface area contributed by atoms with E-state index in [1.165, 1.54) is 6.07 Å². The first-order valence-corrected chi connectivity index (χ1v) is 8.90. The number of piperidine rings is 1. The first-order chi connectivity index (χ1) is 12.5. The first-order valence-electron chi connectivity index (χ1n) is 8.90. The zero-order valence-corrected chi connectivity index (χ0v) is 17.3. The number of ether oxygens (including phenoxy) is 2. The topological polar surface area (TPSA) is 62.8 Å². The van der Waals surface area contributed by atoms with Gasteiger partial charge in [-0.1, -0.05) is 12.1 Å². The van der Waals surface area contributed by atoms with Gasteiger partial charge in [-0.25, -0.2) is 0 Å². The maximum absolute atomic E-state index is 12.8. The number of nitrogens with zero attached hydrogens (tertiary/aromatic N) is 1. The Bertz CT molecular complexity index is 634. The number of anilines is 1. The summed E-state index contributed by atoms with van der Waals surface area (Å²) < 4.78 is 35.4. The number of nitrogens with one attached hydrogen (secondary N) is 2. The summed E-state index contributed by atoms with van der Waals surface area (Å²) in [6.07, 6.45) is 2.01. The number of hydrogen-bond donors (Lipinski definition) is 2. The molecule has 1 unspecified atom stereocenters. The molecule has 10 heteroatoms. The Balaban J connectivity index is 0.00000196. The molecule has 160 valence electrons. The van der Waals surface area contributed by atoms with Crippen LogP contribution in [0.25, 0.3) is 0 Å². The molecule has 3 rings (SSSR count). The van der Waals surface area contributed by atoms with Crippen LogP contribution in [-0.2, 0) is 9.53 Å². The zero-order valence-electron chi connectivity index (χ0n) is 15.7. The predicted octanol–water partition coefficient (Wildman–Crippen LogP) is 2.60. The smallest absolute Gasteiger partial charge is 0.387 e. The normalized spacial score (nSPS) is 20.9. The molecule has 2 saturated heterocycles. The van der Waals surface area contributed by atoms with Crippen LogP contribution >= 0.6 is 24.8 Å². The van der Waals surface area contributed by atoms with Crippen LogP contribution in [0.15, 0.2) is 24.3 Å². The van der Waals surface area contributed by atoms with Crippen molar-refractivity contribution in [2.45, 2.75) is 37.5 Å². The summed E-state index contributed by atoms with van der Waals surface area (Å²) in [5.41, 5.74) is -0.164. The molecule has 2 aliphatic rings. The molecular formula is C18H27Cl2F2N3O3. The second kappa shape index (κ2) is 11.0. The average Bonchev–Trinajstić information content (AvgIpc) is 3.10. The van der Waals surface area contributed by atoms with Crippen molar-refractivity contribution in [3.05, 3.63) is 24.3 Å². The molecule has 1 aromatic rings. The van der Waals surface area contributed by atoms with Crippen molar-refractivity contribution < 1.29 is 23.0 Å². The van der Waals surface area contributed by atoms with E-state index in [1.54, 1.807) is 25.3 Å². The quantitative estimate of drug-likeness (QED) is 0.710. The SMILES string of the molecule is COC1(C(=O)NC2CCN(c3ccccc3OC(F)F)C2)CCNCC1.Cl.Cl. The van der Waals surface area contributed by atoms with Crippen LogP contribution in [0.5, 0.6) is 5.75 Å². The zero-order chi connectivity index (χ0) is 18.6. The highest BCUT2D eigenvalue weighted by Crippen LogP contribution is 2.32. The largest absolute Gasteiger partial charge is 0.433 e. The van der Waals surface area contributed by atoms with E-state index < -0.39 is 12.2 Å². The monoisotopic (exact) mass is 441 g/mol. The van der Waals surface area contributed by atoms with Crippen LogP contribution in [0, 0.1) is 0 Å². The van der Waals surface area contributed by atoms with Gasteiger partial charge < -0.3 is 25.0 Å². The third-order valence-corrected chi connectivity index (χ3v) is 5.16. The number of para-hydroxylation sites is 2. The molecule has 2 heterocycles. The Morgan fingerprint density at radius 3 is 2.61 bits per heavy atom. The molecule has 0 saturated carbocycles. The molecular weight excluding hydrogens is 415 g/mol. The maximum Gasteiger partial charge on any atom is 0.387 e. The lowest BCUT2D eigenvalue weighted by atomic mass is 9.90. The van der Waals surface area contributed by atoms with Gasteiger partial charge in [-0.15, -0.1) is 24.8 Å². The van der Waals surface area contributed by atoms with Crippen molar-refractivity contribution in [2.24, 2.45) is 0 Å². The van der Waals surface area contributed by atoms with Crippen LogP contribution in [0.2, 0.25) is 0 Å². The van der Waals surface area contributed by atoms with E-state index in [0.29, 0.717) is 31.6 Å². The second-order valence-corrected chi connectivity index (χ2v) is 6.70. The molecule has 28 heavy (non-hydrogen) atoms. The van der Waals surface area contributed by atoms with Crippen molar-refractivity contribution in [3.8, 4) is 5.75 Å². The molecule has 0 spiro atoms. The maximum atomic E-state index is 12.8. The van der Waals surface area contributed by atoms with Crippen LogP contribution in [0.3, 0.4) is 0 Å². The minimum atomic E-state index is -2.87. The van der Waals surface area contributed by atoms with Crippen LogP contribution in [0.4, 0.5) is 14.5 Å². The molecule has 0 aromatic heterocycles. The molecule has 6 nitrogen and oxygen atoms in total. The number of amides is 1. The summed E-state index contributed by atoms with van der Waals surface area (Å²) in [7, 11) is 1.57. The Kier molecular flexibility index (Phi) is 9.69. The summed E-state index contributed by atoms with van der Waals surface area (Å²) in [5.74, 6) is 0.0617. The molecule has 1 amide bonds. The number of rotatable bonds is 6. The third kappa shape index (κ3) is 5.59. The first kappa shape index (κ1) is 24.7. The highest BCUT2D eigenvalue weighted by Gasteiger charge is 2.41. The lowest BCUT2D eigenvalue weighted by Gasteiger charge is -2.35. The van der Waals surface area contributed by atoms with E-state index in [9.17, 15) is 13.6 Å². The fourth-order valence-electron chi connectivity index (χ4n) is 3.68. The predicted molar refractivity (Wildman–Crippen MR) is 108 cm³/mol. The Hall–Kier alpha value is -1.35. The van der Waals surface area contributed by atoms with E-state index in [0.717, 1.165) is 19.5 Å². The van der Waals surface area contributed by atoms with Crippen LogP contribution in [0.1, 0.15) is 19.3 Å². The number of alkyl halides is 2. The van der Waals surface area contributed by atoms with E-state index in [1.807, 2.05) is 4.90 Å². The van der Waals surface area contributed by atoms with Crippen molar-refractivity contribution in [2.75, 3.05) is 38.2 Å². The second-order valence-electron chi connectivity index (χ2n) is 6.70. The molecule has 1 aromatic carbocycles. The molecule has 0 radical (unpaired) electrons. The third-order valence-electron chi connectivity index (χ3n) is 5.16. The lowest BCUT2D eigenvalue weighted by Crippen LogP contribution is -2.56. The number of carbonyl (C=O) groups is 1. The van der Waals surface area contributed by atoms with Gasteiger partial charge in [-0.3, -0.25) is 4.79 Å². The molecule has 2 N–H and O–H groups in total. The minimum absolute atomic E-state index is 0. The molecule has 0 bridgehead atoms. The van der Waals surface area contributed by atoms with Crippen molar-refractivity contribution in [1.29, 1.82) is 0 Å². The molecule has 0 aliphatic carbocycles. The Labute approximate surface area is 176 Å². The number of halogens is 4. The molecule has 2 fully saturated rings. The highest BCUT2D eigenvalue weighted by molar-refractivity contribution is 5.86. The molecule has 2 aliphatic heterocycles. The number of benzene rings is 1. The number of hydrogen-bond acceptors (Lipinski definition) is 5. The fourth-order valence-corrected chi connectivity index (χ4v) is 3.68. The minimum Gasteiger partial charge on any atom is -0.433 e. The van der Waals surface area contributed by atoms with Gasteiger partial charge in [0.15, 0.2) is 0 Å². The van der Waals surface area contributed by atoms with E-state index in [4.69, 9.17) is 4.74 Å². The average molecular weight is 442 g/mol. The van der Waals surface area contributed by atoms with Crippen LogP contribution < -0.4 is 20.3 Å². The lowest BCUT2D eigenvalue weighted by molar-refractivity contribution is -0.147. The number of carbonyl (C=O) groups excluding carboxylic acids is 1. The summed E-state index contributed by atoms with van der Waals surface area (Å²) in [6.45, 7) is -0.160. The molecule has 1 atom stereocenters.